The highest BCUT2D eigenvalue weighted by Gasteiger charge is 2.62. The van der Waals surface area contributed by atoms with Crippen molar-refractivity contribution in [2.24, 2.45) is 5.41 Å². The monoisotopic (exact) mass is 406 g/mol. The van der Waals surface area contributed by atoms with Crippen molar-refractivity contribution in [2.75, 3.05) is 14.2 Å². The normalized spacial score (nSPS) is 24.6. The van der Waals surface area contributed by atoms with E-state index in [0.717, 1.165) is 29.7 Å². The van der Waals surface area contributed by atoms with Crippen LogP contribution in [-0.2, 0) is 11.2 Å². The van der Waals surface area contributed by atoms with Crippen LogP contribution in [-0.4, -0.2) is 34.8 Å². The first-order valence-corrected chi connectivity index (χ1v) is 9.99. The predicted octanol–water partition coefficient (Wildman–Crippen LogP) is 3.18. The number of hydrogen-bond donors (Lipinski definition) is 1. The molecule has 1 aromatic heterocycles. The number of ether oxygens (including phenoxy) is 2. The van der Waals surface area contributed by atoms with Crippen LogP contribution in [0.25, 0.3) is 17.7 Å². The van der Waals surface area contributed by atoms with Gasteiger partial charge in [0.2, 0.25) is 0 Å². The molecule has 0 amide bonds. The highest BCUT2D eigenvalue weighted by atomic mass is 16.5. The average molecular weight is 406 g/mol. The molecule has 1 N–H and O–H groups in total. The molecule has 2 aromatic rings. The smallest absolute Gasteiger partial charge is 0.315 e. The number of carboxylic acid groups (broad SMARTS) is 1. The lowest BCUT2D eigenvalue weighted by atomic mass is 9.90. The van der Waals surface area contributed by atoms with Gasteiger partial charge in [0, 0.05) is 11.1 Å². The molecule has 7 nitrogen and oxygen atoms in total. The van der Waals surface area contributed by atoms with E-state index in [-0.39, 0.29) is 11.6 Å². The molecule has 1 saturated carbocycles. The van der Waals surface area contributed by atoms with Gasteiger partial charge < -0.3 is 14.6 Å². The second-order valence-corrected chi connectivity index (χ2v) is 8.00. The van der Waals surface area contributed by atoms with Crippen molar-refractivity contribution in [2.45, 2.75) is 31.7 Å². The summed E-state index contributed by atoms with van der Waals surface area (Å²) < 4.78 is 12.4. The number of methoxy groups -OCH3 is 2. The van der Waals surface area contributed by atoms with E-state index in [0.29, 0.717) is 35.7 Å². The third-order valence-electron chi connectivity index (χ3n) is 6.38. The molecule has 0 radical (unpaired) electrons. The Kier molecular flexibility index (Phi) is 4.10. The topological polar surface area (TPSA) is 90.7 Å². The first-order chi connectivity index (χ1) is 14.5. The SMILES string of the molecule is COc1ccc(OC)c(/C=C2/CCCc3c2nc2n(c3=O)C3CC3(C(=O)O)C=C2)c1. The minimum Gasteiger partial charge on any atom is -0.497 e. The fraction of sp³-hybridized carbons (Fsp3) is 0.348. The van der Waals surface area contributed by atoms with Crippen LogP contribution in [0.15, 0.2) is 29.1 Å². The van der Waals surface area contributed by atoms with E-state index in [9.17, 15) is 14.7 Å². The molecule has 0 saturated heterocycles. The molecule has 2 heterocycles. The molecular formula is C23H22N2O5. The Morgan fingerprint density at radius 3 is 2.87 bits per heavy atom. The second-order valence-electron chi connectivity index (χ2n) is 8.00. The molecular weight excluding hydrogens is 384 g/mol. The molecule has 5 rings (SSSR count). The van der Waals surface area contributed by atoms with Crippen molar-refractivity contribution < 1.29 is 19.4 Å². The summed E-state index contributed by atoms with van der Waals surface area (Å²) in [5.74, 6) is 1.08. The van der Waals surface area contributed by atoms with Crippen LogP contribution < -0.4 is 15.0 Å². The van der Waals surface area contributed by atoms with E-state index < -0.39 is 11.4 Å². The number of aromatic nitrogens is 2. The Bertz CT molecular complexity index is 1190. The van der Waals surface area contributed by atoms with Gasteiger partial charge in [-0.05, 0) is 61.6 Å². The first kappa shape index (κ1) is 18.7. The third kappa shape index (κ3) is 2.61. The largest absolute Gasteiger partial charge is 0.497 e. The van der Waals surface area contributed by atoms with Crippen LogP contribution in [0.1, 0.15) is 47.9 Å². The Morgan fingerprint density at radius 1 is 1.30 bits per heavy atom. The van der Waals surface area contributed by atoms with Gasteiger partial charge in [0.25, 0.3) is 5.56 Å². The van der Waals surface area contributed by atoms with Gasteiger partial charge in [0.1, 0.15) is 22.7 Å². The van der Waals surface area contributed by atoms with Gasteiger partial charge in [-0.3, -0.25) is 14.2 Å². The number of nitrogens with zero attached hydrogens (tertiary/aromatic N) is 2. The van der Waals surface area contributed by atoms with Gasteiger partial charge in [-0.25, -0.2) is 4.98 Å². The standard InChI is InChI=1S/C23H22N2O5/c1-29-15-6-7-17(30-2)14(11-15)10-13-4-3-5-16-20(13)24-19-8-9-23(22(27)28)12-18(23)25(19)21(16)26/h6-11,18H,3-5,12H2,1-2H3,(H,27,28)/b13-10-. The quantitative estimate of drug-likeness (QED) is 0.839. The number of benzene rings is 1. The molecule has 7 heteroatoms. The number of allylic oxidation sites excluding steroid dienone is 1. The van der Waals surface area contributed by atoms with E-state index in [2.05, 4.69) is 0 Å². The highest BCUT2D eigenvalue weighted by Crippen LogP contribution is 2.59. The zero-order chi connectivity index (χ0) is 21.0. The molecule has 2 aliphatic carbocycles. The average Bonchev–Trinajstić information content (AvgIpc) is 3.51. The summed E-state index contributed by atoms with van der Waals surface area (Å²) in [6, 6.07) is 5.25. The Balaban J connectivity index is 1.64. The van der Waals surface area contributed by atoms with Gasteiger partial charge >= 0.3 is 5.97 Å². The van der Waals surface area contributed by atoms with Gasteiger partial charge in [-0.2, -0.15) is 0 Å². The fourth-order valence-corrected chi connectivity index (χ4v) is 4.64. The van der Waals surface area contributed by atoms with Gasteiger partial charge in [0.05, 0.1) is 26.0 Å². The van der Waals surface area contributed by atoms with Crippen molar-refractivity contribution in [3.8, 4) is 11.5 Å². The molecule has 30 heavy (non-hydrogen) atoms. The number of aliphatic carboxylic acids is 1. The predicted molar refractivity (Wildman–Crippen MR) is 112 cm³/mol. The Hall–Kier alpha value is -3.35. The van der Waals surface area contributed by atoms with Crippen LogP contribution in [0.4, 0.5) is 0 Å². The number of hydrogen-bond acceptors (Lipinski definition) is 5. The van der Waals surface area contributed by atoms with Crippen molar-refractivity contribution in [3.63, 3.8) is 0 Å². The lowest BCUT2D eigenvalue weighted by molar-refractivity contribution is -0.141. The zero-order valence-corrected chi connectivity index (χ0v) is 16.8. The molecule has 1 aromatic carbocycles. The number of rotatable bonds is 4. The maximum atomic E-state index is 13.3. The van der Waals surface area contributed by atoms with Crippen molar-refractivity contribution in [1.29, 1.82) is 0 Å². The minimum atomic E-state index is -0.950. The van der Waals surface area contributed by atoms with E-state index >= 15 is 0 Å². The van der Waals surface area contributed by atoms with Gasteiger partial charge in [0.15, 0.2) is 0 Å². The molecule has 2 atom stereocenters. The summed E-state index contributed by atoms with van der Waals surface area (Å²) in [4.78, 5) is 29.8. The first-order valence-electron chi connectivity index (χ1n) is 9.99. The summed E-state index contributed by atoms with van der Waals surface area (Å²) in [6.45, 7) is 0. The number of carboxylic acids is 1. The lowest BCUT2D eigenvalue weighted by Crippen LogP contribution is -2.33. The van der Waals surface area contributed by atoms with Crippen molar-refractivity contribution in [3.05, 3.63) is 57.3 Å². The minimum absolute atomic E-state index is 0.115. The van der Waals surface area contributed by atoms with Gasteiger partial charge in [-0.1, -0.05) is 6.08 Å². The summed E-state index contributed by atoms with van der Waals surface area (Å²) in [7, 11) is 3.24. The van der Waals surface area contributed by atoms with E-state index in [1.165, 1.54) is 0 Å². The number of fused-ring (bicyclic) bond motifs is 4. The van der Waals surface area contributed by atoms with Crippen LogP contribution in [0.3, 0.4) is 0 Å². The van der Waals surface area contributed by atoms with E-state index in [1.54, 1.807) is 30.9 Å². The molecule has 1 fully saturated rings. The molecule has 3 aliphatic rings. The van der Waals surface area contributed by atoms with E-state index in [1.807, 2.05) is 24.3 Å². The maximum Gasteiger partial charge on any atom is 0.315 e. The van der Waals surface area contributed by atoms with Crippen molar-refractivity contribution >= 4 is 23.7 Å². The summed E-state index contributed by atoms with van der Waals surface area (Å²) >= 11 is 0. The zero-order valence-electron chi connectivity index (χ0n) is 16.8. The van der Waals surface area contributed by atoms with Crippen molar-refractivity contribution in [1.82, 2.24) is 9.55 Å². The Morgan fingerprint density at radius 2 is 2.13 bits per heavy atom. The Labute approximate surface area is 173 Å². The molecule has 1 aliphatic heterocycles. The van der Waals surface area contributed by atoms with Gasteiger partial charge in [-0.15, -0.1) is 0 Å². The third-order valence-corrected chi connectivity index (χ3v) is 6.38. The van der Waals surface area contributed by atoms with Crippen LogP contribution >= 0.6 is 0 Å². The summed E-state index contributed by atoms with van der Waals surface area (Å²) in [5, 5.41) is 9.57. The maximum absolute atomic E-state index is 13.3. The molecule has 154 valence electrons. The molecule has 2 unspecified atom stereocenters. The lowest BCUT2D eigenvalue weighted by Gasteiger charge is -2.23. The molecule has 0 spiro atoms. The van der Waals surface area contributed by atoms with E-state index in [4.69, 9.17) is 14.5 Å². The van der Waals surface area contributed by atoms with Crippen LogP contribution in [0.2, 0.25) is 0 Å². The summed E-state index contributed by atoms with van der Waals surface area (Å²) in [6.07, 6.45) is 8.10. The highest BCUT2D eigenvalue weighted by molar-refractivity contribution is 5.86. The summed E-state index contributed by atoms with van der Waals surface area (Å²) in [5.41, 5.74) is 2.14. The van der Waals surface area contributed by atoms with Crippen LogP contribution in [0, 0.1) is 5.41 Å². The molecule has 0 bridgehead atoms. The number of carbonyl (C=O) groups is 1. The fourth-order valence-electron chi connectivity index (χ4n) is 4.64. The second kappa shape index (κ2) is 6.58. The van der Waals surface area contributed by atoms with Crippen LogP contribution in [0.5, 0.6) is 11.5 Å².